The third-order valence-electron chi connectivity index (χ3n) is 4.29. The summed E-state index contributed by atoms with van der Waals surface area (Å²) in [7, 11) is 1.32. The Balaban J connectivity index is 2.01. The topological polar surface area (TPSA) is 86.0 Å². The van der Waals surface area contributed by atoms with Crippen LogP contribution >= 0.6 is 0 Å². The van der Waals surface area contributed by atoms with Crippen molar-refractivity contribution < 1.29 is 4.79 Å². The monoisotopic (exact) mass is 364 g/mol. The molecule has 0 bridgehead atoms. The molecule has 0 aliphatic carbocycles. The smallest absolute Gasteiger partial charge is 0.320 e. The number of amides is 1. The van der Waals surface area contributed by atoms with Crippen molar-refractivity contribution in [2.24, 2.45) is 7.05 Å². The molecule has 0 unspecified atom stereocenters. The molecule has 0 atom stereocenters. The van der Waals surface area contributed by atoms with Crippen LogP contribution in [0.1, 0.15) is 28.5 Å². The van der Waals surface area contributed by atoms with Gasteiger partial charge in [0, 0.05) is 12.7 Å². The van der Waals surface area contributed by atoms with Crippen LogP contribution in [-0.4, -0.2) is 20.3 Å². The van der Waals surface area contributed by atoms with E-state index in [9.17, 15) is 14.4 Å². The maximum absolute atomic E-state index is 12.6. The number of carbonyl (C=O) groups is 1. The second-order valence-corrected chi connectivity index (χ2v) is 6.25. The van der Waals surface area contributed by atoms with Crippen LogP contribution in [0.5, 0.6) is 0 Å². The molecule has 0 aliphatic rings. The summed E-state index contributed by atoms with van der Waals surface area (Å²) >= 11 is 0. The maximum Gasteiger partial charge on any atom is 0.351 e. The number of carbonyl (C=O) groups excluding carboxylic acids is 1. The van der Waals surface area contributed by atoms with E-state index in [1.165, 1.54) is 7.05 Å². The Kier molecular flexibility index (Phi) is 5.03. The van der Waals surface area contributed by atoms with Crippen LogP contribution in [-0.2, 0) is 13.5 Å². The summed E-state index contributed by atoms with van der Waals surface area (Å²) in [5.74, 6) is -0.666. The third-order valence-corrected chi connectivity index (χ3v) is 4.29. The zero-order valence-electron chi connectivity index (χ0n) is 15.4. The Morgan fingerprint density at radius 1 is 1.04 bits per heavy atom. The molecule has 27 heavy (non-hydrogen) atoms. The summed E-state index contributed by atoms with van der Waals surface area (Å²) in [5, 5.41) is 6.68. The van der Waals surface area contributed by atoms with E-state index in [1.807, 2.05) is 38.1 Å². The van der Waals surface area contributed by atoms with E-state index in [-0.39, 0.29) is 5.69 Å². The molecule has 7 heteroatoms. The molecule has 1 N–H and O–H groups in total. The number of aromatic nitrogens is 3. The number of hydrogen-bond donors (Lipinski definition) is 1. The summed E-state index contributed by atoms with van der Waals surface area (Å²) < 4.78 is 1.93. The van der Waals surface area contributed by atoms with Gasteiger partial charge in [0.05, 0.1) is 5.69 Å². The van der Waals surface area contributed by atoms with Crippen LogP contribution in [0.15, 0.2) is 58.1 Å². The minimum Gasteiger partial charge on any atom is -0.320 e. The quantitative estimate of drug-likeness (QED) is 0.768. The van der Waals surface area contributed by atoms with E-state index in [0.717, 1.165) is 26.8 Å². The molecule has 0 saturated heterocycles. The second kappa shape index (κ2) is 7.41. The van der Waals surface area contributed by atoms with Crippen molar-refractivity contribution in [1.82, 2.24) is 14.3 Å². The van der Waals surface area contributed by atoms with E-state index in [0.29, 0.717) is 11.4 Å². The SMILES string of the molecule is CCc1ccc(NC(=O)c2nn(-c3ccc(C)cc3)c(=O)n(C)c2=O)cc1. The zero-order valence-corrected chi connectivity index (χ0v) is 15.4. The van der Waals surface area contributed by atoms with Crippen LogP contribution in [0.2, 0.25) is 0 Å². The van der Waals surface area contributed by atoms with Gasteiger partial charge in [0.15, 0.2) is 0 Å². The summed E-state index contributed by atoms with van der Waals surface area (Å²) in [6.45, 7) is 3.96. The molecule has 0 aliphatic heterocycles. The minimum atomic E-state index is -0.744. The lowest BCUT2D eigenvalue weighted by molar-refractivity contribution is 0.101. The van der Waals surface area contributed by atoms with Gasteiger partial charge < -0.3 is 5.32 Å². The molecular weight excluding hydrogens is 344 g/mol. The Hall–Kier alpha value is -3.48. The van der Waals surface area contributed by atoms with Gasteiger partial charge in [-0.2, -0.15) is 9.78 Å². The highest BCUT2D eigenvalue weighted by Gasteiger charge is 2.18. The van der Waals surface area contributed by atoms with Gasteiger partial charge in [0.1, 0.15) is 0 Å². The Bertz CT molecular complexity index is 1090. The van der Waals surface area contributed by atoms with Gasteiger partial charge in [-0.1, -0.05) is 36.8 Å². The number of rotatable bonds is 4. The first-order valence-electron chi connectivity index (χ1n) is 8.58. The fourth-order valence-electron chi connectivity index (χ4n) is 2.58. The van der Waals surface area contributed by atoms with Gasteiger partial charge in [0.25, 0.3) is 11.5 Å². The molecule has 3 rings (SSSR count). The average molecular weight is 364 g/mol. The zero-order chi connectivity index (χ0) is 19.6. The van der Waals surface area contributed by atoms with Crippen LogP contribution in [0.25, 0.3) is 5.69 Å². The van der Waals surface area contributed by atoms with E-state index in [1.54, 1.807) is 24.3 Å². The Morgan fingerprint density at radius 3 is 2.26 bits per heavy atom. The lowest BCUT2D eigenvalue weighted by Gasteiger charge is -2.10. The first-order valence-corrected chi connectivity index (χ1v) is 8.58. The predicted molar refractivity (Wildman–Crippen MR) is 104 cm³/mol. The van der Waals surface area contributed by atoms with Gasteiger partial charge in [-0.15, -0.1) is 0 Å². The van der Waals surface area contributed by atoms with Crippen molar-refractivity contribution in [1.29, 1.82) is 0 Å². The molecule has 1 amide bonds. The van der Waals surface area contributed by atoms with Gasteiger partial charge in [-0.05, 0) is 43.2 Å². The number of aryl methyl sites for hydroxylation is 2. The maximum atomic E-state index is 12.6. The first kappa shape index (κ1) is 18.3. The lowest BCUT2D eigenvalue weighted by atomic mass is 10.1. The summed E-state index contributed by atoms with van der Waals surface area (Å²) in [6.07, 6.45) is 0.887. The number of nitrogens with one attached hydrogen (secondary N) is 1. The first-order chi connectivity index (χ1) is 12.9. The van der Waals surface area contributed by atoms with E-state index >= 15 is 0 Å². The van der Waals surface area contributed by atoms with Gasteiger partial charge >= 0.3 is 5.69 Å². The normalized spacial score (nSPS) is 10.6. The highest BCUT2D eigenvalue weighted by Crippen LogP contribution is 2.11. The minimum absolute atomic E-state index is 0.350. The van der Waals surface area contributed by atoms with E-state index in [4.69, 9.17) is 0 Å². The van der Waals surface area contributed by atoms with Crippen LogP contribution in [0.3, 0.4) is 0 Å². The van der Waals surface area contributed by atoms with Gasteiger partial charge in [0.2, 0.25) is 5.69 Å². The number of benzene rings is 2. The molecule has 3 aromatic rings. The van der Waals surface area contributed by atoms with Crippen molar-refractivity contribution >= 4 is 11.6 Å². The fraction of sp³-hybridized carbons (Fsp3) is 0.200. The molecule has 1 aromatic heterocycles. The standard InChI is InChI=1S/C20H20N4O3/c1-4-14-7-9-15(10-8-14)21-18(25)17-19(26)23(3)20(27)24(22-17)16-11-5-13(2)6-12-16/h5-12H,4H2,1-3H3,(H,21,25). The van der Waals surface area contributed by atoms with E-state index < -0.39 is 17.2 Å². The van der Waals surface area contributed by atoms with Crippen molar-refractivity contribution in [2.45, 2.75) is 20.3 Å². The molecule has 0 spiro atoms. The van der Waals surface area contributed by atoms with Crippen LogP contribution in [0.4, 0.5) is 5.69 Å². The summed E-state index contributed by atoms with van der Waals surface area (Å²) in [6, 6.07) is 14.4. The largest absolute Gasteiger partial charge is 0.351 e. The molecule has 0 radical (unpaired) electrons. The van der Waals surface area contributed by atoms with Gasteiger partial charge in [-0.3, -0.25) is 14.2 Å². The van der Waals surface area contributed by atoms with E-state index in [2.05, 4.69) is 10.4 Å². The van der Waals surface area contributed by atoms with Crippen molar-refractivity contribution in [2.75, 3.05) is 5.32 Å². The highest BCUT2D eigenvalue weighted by molar-refractivity contribution is 6.02. The lowest BCUT2D eigenvalue weighted by Crippen LogP contribution is -2.43. The predicted octanol–water partition coefficient (Wildman–Crippen LogP) is 2.05. The fourth-order valence-corrected chi connectivity index (χ4v) is 2.58. The summed E-state index contributed by atoms with van der Waals surface area (Å²) in [5.41, 5.74) is 1.47. The molecule has 7 nitrogen and oxygen atoms in total. The third kappa shape index (κ3) is 3.72. The van der Waals surface area contributed by atoms with Crippen LogP contribution in [0, 0.1) is 6.92 Å². The number of nitrogens with zero attached hydrogens (tertiary/aromatic N) is 3. The Morgan fingerprint density at radius 2 is 1.67 bits per heavy atom. The average Bonchev–Trinajstić information content (AvgIpc) is 2.68. The molecule has 138 valence electrons. The number of anilines is 1. The van der Waals surface area contributed by atoms with Gasteiger partial charge in [-0.25, -0.2) is 4.79 Å². The molecule has 2 aromatic carbocycles. The van der Waals surface area contributed by atoms with Crippen molar-refractivity contribution in [3.05, 3.63) is 86.2 Å². The second-order valence-electron chi connectivity index (χ2n) is 6.25. The van der Waals surface area contributed by atoms with Crippen LogP contribution < -0.4 is 16.6 Å². The highest BCUT2D eigenvalue weighted by atomic mass is 16.2. The molecule has 1 heterocycles. The number of hydrogen-bond acceptors (Lipinski definition) is 4. The Labute approximate surface area is 155 Å². The summed E-state index contributed by atoms with van der Waals surface area (Å²) in [4.78, 5) is 37.4. The molecule has 0 fully saturated rings. The van der Waals surface area contributed by atoms with Crippen molar-refractivity contribution in [3.8, 4) is 5.69 Å². The molecular formula is C20H20N4O3. The van der Waals surface area contributed by atoms with Crippen molar-refractivity contribution in [3.63, 3.8) is 0 Å². The molecule has 0 saturated carbocycles.